The van der Waals surface area contributed by atoms with Crippen molar-refractivity contribution in [2.45, 2.75) is 25.6 Å². The molecule has 0 bridgehead atoms. The topological polar surface area (TPSA) is 74.6 Å². The van der Waals surface area contributed by atoms with Crippen LogP contribution in [0.4, 0.5) is 0 Å². The molecule has 1 aliphatic heterocycles. The zero-order chi connectivity index (χ0) is 10.3. The molecule has 5 heteroatoms. The summed E-state index contributed by atoms with van der Waals surface area (Å²) in [4.78, 5) is 0. The number of hydrogen-bond donors (Lipinski definition) is 2. The molecule has 1 aliphatic carbocycles. The molecular formula is C9H16O4S. The molecule has 0 radical (unpaired) electrons. The Kier molecular flexibility index (Phi) is 2.57. The molecule has 1 saturated carbocycles. The standard InChI is InChI=1S/C9H16O4S/c10-9(11)8(6-2-1-3-6)7-4-14(12,13)5-7/h6-11H,1-5H2. The lowest BCUT2D eigenvalue weighted by molar-refractivity contribution is -0.125. The summed E-state index contributed by atoms with van der Waals surface area (Å²) in [5.41, 5.74) is 0. The zero-order valence-electron chi connectivity index (χ0n) is 7.96. The maximum absolute atomic E-state index is 11.0. The van der Waals surface area contributed by atoms with Crippen molar-refractivity contribution in [1.29, 1.82) is 0 Å². The molecule has 0 amide bonds. The van der Waals surface area contributed by atoms with Crippen molar-refractivity contribution < 1.29 is 18.6 Å². The van der Waals surface area contributed by atoms with E-state index in [0.717, 1.165) is 19.3 Å². The van der Waals surface area contributed by atoms with E-state index in [1.54, 1.807) is 0 Å². The van der Waals surface area contributed by atoms with Gasteiger partial charge < -0.3 is 10.2 Å². The van der Waals surface area contributed by atoms with Crippen molar-refractivity contribution in [2.24, 2.45) is 17.8 Å². The highest BCUT2D eigenvalue weighted by molar-refractivity contribution is 7.92. The SMILES string of the molecule is O=S1(=O)CC(C(C(O)O)C2CCC2)C1. The Morgan fingerprint density at radius 1 is 1.07 bits per heavy atom. The van der Waals surface area contributed by atoms with E-state index in [-0.39, 0.29) is 23.3 Å². The van der Waals surface area contributed by atoms with Gasteiger partial charge in [-0.15, -0.1) is 0 Å². The van der Waals surface area contributed by atoms with E-state index in [9.17, 15) is 18.6 Å². The molecule has 0 aromatic rings. The van der Waals surface area contributed by atoms with Gasteiger partial charge in [-0.1, -0.05) is 6.42 Å². The van der Waals surface area contributed by atoms with E-state index < -0.39 is 16.1 Å². The molecule has 0 aromatic carbocycles. The highest BCUT2D eigenvalue weighted by Crippen LogP contribution is 2.42. The largest absolute Gasteiger partial charge is 0.368 e. The molecule has 0 spiro atoms. The van der Waals surface area contributed by atoms with Crippen LogP contribution in [0.3, 0.4) is 0 Å². The first-order valence-corrected chi connectivity index (χ1v) is 6.88. The average Bonchev–Trinajstić information content (AvgIpc) is 1.90. The molecule has 82 valence electrons. The number of aliphatic hydroxyl groups is 2. The Morgan fingerprint density at radius 3 is 1.93 bits per heavy atom. The van der Waals surface area contributed by atoms with E-state index >= 15 is 0 Å². The molecule has 1 heterocycles. The summed E-state index contributed by atoms with van der Waals surface area (Å²) < 4.78 is 22.0. The van der Waals surface area contributed by atoms with Gasteiger partial charge in [0.2, 0.25) is 0 Å². The van der Waals surface area contributed by atoms with E-state index in [1.807, 2.05) is 0 Å². The Bertz CT molecular complexity index is 293. The summed E-state index contributed by atoms with van der Waals surface area (Å²) in [7, 11) is -2.85. The van der Waals surface area contributed by atoms with Crippen molar-refractivity contribution in [3.05, 3.63) is 0 Å². The third-order valence-electron chi connectivity index (χ3n) is 3.52. The van der Waals surface area contributed by atoms with Gasteiger partial charge in [0.25, 0.3) is 0 Å². The van der Waals surface area contributed by atoms with Crippen LogP contribution in [-0.2, 0) is 9.84 Å². The van der Waals surface area contributed by atoms with Crippen molar-refractivity contribution in [2.75, 3.05) is 11.5 Å². The lowest BCUT2D eigenvalue weighted by Gasteiger charge is -2.42. The van der Waals surface area contributed by atoms with Gasteiger partial charge in [0.15, 0.2) is 16.1 Å². The Balaban J connectivity index is 1.98. The minimum atomic E-state index is -2.85. The first kappa shape index (κ1) is 10.4. The average molecular weight is 220 g/mol. The highest BCUT2D eigenvalue weighted by atomic mass is 32.2. The van der Waals surface area contributed by atoms with Gasteiger partial charge in [-0.3, -0.25) is 0 Å². The van der Waals surface area contributed by atoms with E-state index in [0.29, 0.717) is 5.92 Å². The van der Waals surface area contributed by atoms with Crippen LogP contribution in [0.1, 0.15) is 19.3 Å². The minimum Gasteiger partial charge on any atom is -0.368 e. The fraction of sp³-hybridized carbons (Fsp3) is 1.00. The summed E-state index contributed by atoms with van der Waals surface area (Å²) in [6.45, 7) is 0. The van der Waals surface area contributed by atoms with Gasteiger partial charge in [0.1, 0.15) is 0 Å². The third kappa shape index (κ3) is 1.81. The van der Waals surface area contributed by atoms with Crippen molar-refractivity contribution >= 4 is 9.84 Å². The number of hydrogen-bond acceptors (Lipinski definition) is 4. The molecular weight excluding hydrogens is 204 g/mol. The fourth-order valence-corrected chi connectivity index (χ4v) is 4.17. The van der Waals surface area contributed by atoms with Crippen LogP contribution in [0.15, 0.2) is 0 Å². The summed E-state index contributed by atoms with van der Waals surface area (Å²) in [6, 6.07) is 0. The van der Waals surface area contributed by atoms with E-state index in [2.05, 4.69) is 0 Å². The monoisotopic (exact) mass is 220 g/mol. The quantitative estimate of drug-likeness (QED) is 0.644. The molecule has 2 rings (SSSR count). The summed E-state index contributed by atoms with van der Waals surface area (Å²) in [5, 5.41) is 18.4. The van der Waals surface area contributed by atoms with Gasteiger partial charge in [-0.05, 0) is 24.7 Å². The lowest BCUT2D eigenvalue weighted by atomic mass is 9.71. The van der Waals surface area contributed by atoms with Gasteiger partial charge in [-0.25, -0.2) is 8.42 Å². The van der Waals surface area contributed by atoms with Gasteiger partial charge in [-0.2, -0.15) is 0 Å². The second-order valence-corrected chi connectivity index (χ2v) is 6.67. The van der Waals surface area contributed by atoms with Crippen molar-refractivity contribution in [3.8, 4) is 0 Å². The molecule has 0 aromatic heterocycles. The van der Waals surface area contributed by atoms with Crippen LogP contribution in [-0.4, -0.2) is 36.4 Å². The first-order chi connectivity index (χ1) is 6.49. The summed E-state index contributed by atoms with van der Waals surface area (Å²) >= 11 is 0. The second-order valence-electron chi connectivity index (χ2n) is 4.52. The van der Waals surface area contributed by atoms with Crippen LogP contribution in [0.25, 0.3) is 0 Å². The van der Waals surface area contributed by atoms with E-state index in [1.165, 1.54) is 0 Å². The molecule has 14 heavy (non-hydrogen) atoms. The van der Waals surface area contributed by atoms with Crippen LogP contribution < -0.4 is 0 Å². The summed E-state index contributed by atoms with van der Waals surface area (Å²) in [6.07, 6.45) is 1.81. The number of sulfone groups is 1. The Morgan fingerprint density at radius 2 is 1.64 bits per heavy atom. The molecule has 1 unspecified atom stereocenters. The van der Waals surface area contributed by atoms with E-state index in [4.69, 9.17) is 0 Å². The Labute approximate surface area is 83.9 Å². The Hall–Kier alpha value is -0.130. The molecule has 2 N–H and O–H groups in total. The predicted octanol–water partition coefficient (Wildman–Crippen LogP) is -0.242. The summed E-state index contributed by atoms with van der Waals surface area (Å²) in [5.74, 6) is 0.380. The van der Waals surface area contributed by atoms with Crippen LogP contribution >= 0.6 is 0 Å². The van der Waals surface area contributed by atoms with Gasteiger partial charge in [0.05, 0.1) is 11.5 Å². The zero-order valence-corrected chi connectivity index (χ0v) is 8.78. The lowest BCUT2D eigenvalue weighted by Crippen LogP contribution is -2.49. The van der Waals surface area contributed by atoms with Crippen LogP contribution in [0, 0.1) is 17.8 Å². The smallest absolute Gasteiger partial charge is 0.154 e. The fourth-order valence-electron chi connectivity index (χ4n) is 2.52. The van der Waals surface area contributed by atoms with Gasteiger partial charge >= 0.3 is 0 Å². The normalized spacial score (nSPS) is 29.6. The maximum Gasteiger partial charge on any atom is 0.154 e. The molecule has 1 saturated heterocycles. The third-order valence-corrected chi connectivity index (χ3v) is 5.39. The minimum absolute atomic E-state index is 0.0229. The molecule has 1 atom stereocenters. The maximum atomic E-state index is 11.0. The predicted molar refractivity (Wildman–Crippen MR) is 51.2 cm³/mol. The number of aliphatic hydroxyl groups excluding tert-OH is 1. The second kappa shape index (κ2) is 3.47. The molecule has 2 aliphatic rings. The van der Waals surface area contributed by atoms with Crippen LogP contribution in [0.5, 0.6) is 0 Å². The molecule has 4 nitrogen and oxygen atoms in total. The van der Waals surface area contributed by atoms with Crippen molar-refractivity contribution in [1.82, 2.24) is 0 Å². The van der Waals surface area contributed by atoms with Gasteiger partial charge in [0, 0.05) is 5.92 Å². The number of rotatable bonds is 3. The molecule has 2 fully saturated rings. The first-order valence-electron chi connectivity index (χ1n) is 5.06. The van der Waals surface area contributed by atoms with Crippen molar-refractivity contribution in [3.63, 3.8) is 0 Å². The highest BCUT2D eigenvalue weighted by Gasteiger charge is 2.45. The van der Waals surface area contributed by atoms with Crippen LogP contribution in [0.2, 0.25) is 0 Å².